The molecule has 0 bridgehead atoms. The van der Waals surface area contributed by atoms with Gasteiger partial charge in [-0.25, -0.2) is 9.78 Å². The molecule has 2 N–H and O–H groups in total. The van der Waals surface area contributed by atoms with Crippen molar-refractivity contribution in [1.29, 1.82) is 0 Å². The lowest BCUT2D eigenvalue weighted by Gasteiger charge is -2.01. The molecule has 0 fully saturated rings. The van der Waals surface area contributed by atoms with Crippen LogP contribution in [0.1, 0.15) is 11.3 Å². The molecule has 1 amide bonds. The highest BCUT2D eigenvalue weighted by Gasteiger charge is 2.07. The van der Waals surface area contributed by atoms with Crippen molar-refractivity contribution in [2.45, 2.75) is 12.8 Å². The van der Waals surface area contributed by atoms with Gasteiger partial charge in [0.25, 0.3) is 0 Å². The number of benzene rings is 1. The number of ether oxygens (including phenoxy) is 1. The zero-order chi connectivity index (χ0) is 15.4. The number of anilines is 1. The number of hydrogen-bond acceptors (Lipinski definition) is 4. The van der Waals surface area contributed by atoms with E-state index >= 15 is 0 Å². The minimum atomic E-state index is -0.547. The molecule has 0 saturated heterocycles. The maximum Gasteiger partial charge on any atom is 0.413 e. The van der Waals surface area contributed by atoms with Gasteiger partial charge in [0, 0.05) is 11.9 Å². The monoisotopic (exact) mass is 296 g/mol. The Kier molecular flexibility index (Phi) is 4.00. The Morgan fingerprint density at radius 2 is 2.18 bits per heavy atom. The largest absolute Gasteiger partial charge is 0.453 e. The van der Waals surface area contributed by atoms with Gasteiger partial charge in [0.05, 0.1) is 18.1 Å². The van der Waals surface area contributed by atoms with E-state index in [1.807, 2.05) is 36.4 Å². The van der Waals surface area contributed by atoms with E-state index in [9.17, 15) is 4.79 Å². The second kappa shape index (κ2) is 6.26. The maximum absolute atomic E-state index is 11.2. The quantitative estimate of drug-likeness (QED) is 0.775. The summed E-state index contributed by atoms with van der Waals surface area (Å²) in [5, 5.41) is 2.52. The van der Waals surface area contributed by atoms with Crippen molar-refractivity contribution >= 4 is 23.1 Å². The number of fused-ring (bicyclic) bond motifs is 1. The van der Waals surface area contributed by atoms with E-state index in [0.717, 1.165) is 29.6 Å². The van der Waals surface area contributed by atoms with E-state index in [2.05, 4.69) is 25.0 Å². The molecule has 0 aliphatic heterocycles. The van der Waals surface area contributed by atoms with E-state index in [4.69, 9.17) is 0 Å². The highest BCUT2D eigenvalue weighted by atomic mass is 16.5. The van der Waals surface area contributed by atoms with Crippen LogP contribution in [0.3, 0.4) is 0 Å². The molecule has 0 unspecified atom stereocenters. The van der Waals surface area contributed by atoms with Crippen molar-refractivity contribution in [2.24, 2.45) is 0 Å². The predicted octanol–water partition coefficient (Wildman–Crippen LogP) is 2.92. The van der Waals surface area contributed by atoms with Gasteiger partial charge >= 0.3 is 6.09 Å². The van der Waals surface area contributed by atoms with Crippen molar-refractivity contribution in [2.75, 3.05) is 12.4 Å². The van der Waals surface area contributed by atoms with E-state index < -0.39 is 6.09 Å². The minimum Gasteiger partial charge on any atom is -0.453 e. The van der Waals surface area contributed by atoms with Crippen LogP contribution in [0.5, 0.6) is 0 Å². The maximum atomic E-state index is 11.2. The SMILES string of the molecule is COC(=O)Nc1nc2cc(CCc3ccccn3)ccc2[nH]1. The molecule has 0 aliphatic carbocycles. The third kappa shape index (κ3) is 3.22. The van der Waals surface area contributed by atoms with E-state index in [1.54, 1.807) is 6.20 Å². The smallest absolute Gasteiger partial charge is 0.413 e. The number of imidazole rings is 1. The number of methoxy groups -OCH3 is 1. The van der Waals surface area contributed by atoms with Gasteiger partial charge in [0.2, 0.25) is 5.95 Å². The molecule has 6 nitrogen and oxygen atoms in total. The second-order valence-corrected chi connectivity index (χ2v) is 4.87. The summed E-state index contributed by atoms with van der Waals surface area (Å²) in [6.07, 6.45) is 3.02. The van der Waals surface area contributed by atoms with Gasteiger partial charge in [-0.15, -0.1) is 0 Å². The Morgan fingerprint density at radius 1 is 1.27 bits per heavy atom. The van der Waals surface area contributed by atoms with Crippen molar-refractivity contribution in [3.8, 4) is 0 Å². The first-order valence-corrected chi connectivity index (χ1v) is 6.98. The van der Waals surface area contributed by atoms with Crippen molar-refractivity contribution in [1.82, 2.24) is 15.0 Å². The summed E-state index contributed by atoms with van der Waals surface area (Å²) in [6, 6.07) is 11.9. The topological polar surface area (TPSA) is 79.9 Å². The fourth-order valence-corrected chi connectivity index (χ4v) is 2.23. The first-order valence-electron chi connectivity index (χ1n) is 6.98. The van der Waals surface area contributed by atoms with Gasteiger partial charge in [0.15, 0.2) is 0 Å². The van der Waals surface area contributed by atoms with Gasteiger partial charge in [-0.2, -0.15) is 0 Å². The highest BCUT2D eigenvalue weighted by Crippen LogP contribution is 2.17. The fourth-order valence-electron chi connectivity index (χ4n) is 2.23. The van der Waals surface area contributed by atoms with Crippen LogP contribution >= 0.6 is 0 Å². The zero-order valence-electron chi connectivity index (χ0n) is 12.2. The lowest BCUT2D eigenvalue weighted by molar-refractivity contribution is 0.186. The van der Waals surface area contributed by atoms with Gasteiger partial charge in [-0.3, -0.25) is 10.3 Å². The first kappa shape index (κ1) is 14.1. The Balaban J connectivity index is 1.73. The summed E-state index contributed by atoms with van der Waals surface area (Å²) in [6.45, 7) is 0. The van der Waals surface area contributed by atoms with Crippen LogP contribution < -0.4 is 5.32 Å². The number of aromatic amines is 1. The summed E-state index contributed by atoms with van der Waals surface area (Å²) in [5.41, 5.74) is 3.92. The molecule has 0 radical (unpaired) electrons. The molecule has 0 atom stereocenters. The molecule has 2 heterocycles. The van der Waals surface area contributed by atoms with Gasteiger partial charge in [-0.05, 0) is 42.7 Å². The number of nitrogens with zero attached hydrogens (tertiary/aromatic N) is 2. The molecule has 2 aromatic heterocycles. The molecule has 3 rings (SSSR count). The summed E-state index contributed by atoms with van der Waals surface area (Å²) in [4.78, 5) is 22.9. The normalized spacial score (nSPS) is 10.6. The third-order valence-electron chi connectivity index (χ3n) is 3.35. The molecular weight excluding hydrogens is 280 g/mol. The number of carbonyl (C=O) groups is 1. The average Bonchev–Trinajstić information content (AvgIpc) is 2.95. The number of aryl methyl sites for hydroxylation is 2. The number of hydrogen-bond donors (Lipinski definition) is 2. The Hall–Kier alpha value is -2.89. The van der Waals surface area contributed by atoms with Gasteiger partial charge in [0.1, 0.15) is 0 Å². The molecule has 112 valence electrons. The van der Waals surface area contributed by atoms with Crippen LogP contribution in [0.25, 0.3) is 11.0 Å². The van der Waals surface area contributed by atoms with Crippen LogP contribution in [0.4, 0.5) is 10.7 Å². The van der Waals surface area contributed by atoms with Crippen LogP contribution in [0, 0.1) is 0 Å². The van der Waals surface area contributed by atoms with Crippen LogP contribution in [-0.4, -0.2) is 28.2 Å². The summed E-state index contributed by atoms with van der Waals surface area (Å²) >= 11 is 0. The number of aromatic nitrogens is 3. The van der Waals surface area contributed by atoms with Gasteiger partial charge < -0.3 is 9.72 Å². The lowest BCUT2D eigenvalue weighted by Crippen LogP contribution is -2.11. The molecule has 22 heavy (non-hydrogen) atoms. The zero-order valence-corrected chi connectivity index (χ0v) is 12.2. The summed E-state index contributed by atoms with van der Waals surface area (Å²) < 4.78 is 4.54. The number of rotatable bonds is 4. The van der Waals surface area contributed by atoms with Crippen LogP contribution in [-0.2, 0) is 17.6 Å². The van der Waals surface area contributed by atoms with E-state index in [0.29, 0.717) is 5.95 Å². The average molecular weight is 296 g/mol. The molecule has 0 saturated carbocycles. The Morgan fingerprint density at radius 3 is 2.95 bits per heavy atom. The number of H-pyrrole nitrogens is 1. The van der Waals surface area contributed by atoms with Gasteiger partial charge in [-0.1, -0.05) is 12.1 Å². The molecule has 6 heteroatoms. The third-order valence-corrected chi connectivity index (χ3v) is 3.35. The van der Waals surface area contributed by atoms with E-state index in [1.165, 1.54) is 12.7 Å². The van der Waals surface area contributed by atoms with Crippen molar-refractivity contribution in [3.05, 3.63) is 53.9 Å². The molecule has 3 aromatic rings. The number of amides is 1. The fraction of sp³-hybridized carbons (Fsp3) is 0.188. The molecule has 0 aliphatic rings. The van der Waals surface area contributed by atoms with Crippen LogP contribution in [0.2, 0.25) is 0 Å². The summed E-state index contributed by atoms with van der Waals surface area (Å²) in [5.74, 6) is 0.378. The molecule has 0 spiro atoms. The number of carbonyl (C=O) groups excluding carboxylic acids is 1. The Bertz CT molecular complexity index is 783. The first-order chi connectivity index (χ1) is 10.7. The Labute approximate surface area is 127 Å². The second-order valence-electron chi connectivity index (χ2n) is 4.87. The number of pyridine rings is 1. The predicted molar refractivity (Wildman–Crippen MR) is 83.8 cm³/mol. The standard InChI is InChI=1S/C16H16N4O2/c1-22-16(21)20-15-18-13-8-6-11(10-14(13)19-15)5-7-12-4-2-3-9-17-12/h2-4,6,8-10H,5,7H2,1H3,(H2,18,19,20,21). The van der Waals surface area contributed by atoms with E-state index in [-0.39, 0.29) is 0 Å². The molecular formula is C16H16N4O2. The van der Waals surface area contributed by atoms with Crippen LogP contribution in [0.15, 0.2) is 42.6 Å². The molecule has 1 aromatic carbocycles. The lowest BCUT2D eigenvalue weighted by atomic mass is 10.1. The van der Waals surface area contributed by atoms with Crippen molar-refractivity contribution in [3.63, 3.8) is 0 Å². The summed E-state index contributed by atoms with van der Waals surface area (Å²) in [7, 11) is 1.31. The minimum absolute atomic E-state index is 0.378. The highest BCUT2D eigenvalue weighted by molar-refractivity contribution is 5.86. The van der Waals surface area contributed by atoms with Crippen molar-refractivity contribution < 1.29 is 9.53 Å². The number of nitrogens with one attached hydrogen (secondary N) is 2.